The molecule has 0 aliphatic rings. The Morgan fingerprint density at radius 2 is 2.00 bits per heavy atom. The second kappa shape index (κ2) is 4.26. The molecule has 2 rings (SSSR count). The standard InChI is InChI=1S/C12H13N3O/c1-3-10-8(2)12(16)15-11(14-10)9-4-6-13-7-5-9/h4-7H,3H2,1-2H3,(H,14,15,16). The Hall–Kier alpha value is -1.97. The summed E-state index contributed by atoms with van der Waals surface area (Å²) in [7, 11) is 0. The van der Waals surface area contributed by atoms with E-state index in [0.717, 1.165) is 17.7 Å². The summed E-state index contributed by atoms with van der Waals surface area (Å²) in [5, 5.41) is 0. The molecule has 0 amide bonds. The van der Waals surface area contributed by atoms with Gasteiger partial charge in [0.15, 0.2) is 0 Å². The van der Waals surface area contributed by atoms with E-state index in [9.17, 15) is 4.79 Å². The zero-order valence-electron chi connectivity index (χ0n) is 9.32. The zero-order valence-corrected chi connectivity index (χ0v) is 9.32. The molecule has 0 saturated carbocycles. The predicted molar refractivity (Wildman–Crippen MR) is 62.2 cm³/mol. The minimum absolute atomic E-state index is 0.0707. The second-order valence-electron chi connectivity index (χ2n) is 3.58. The highest BCUT2D eigenvalue weighted by molar-refractivity contribution is 5.53. The Kier molecular flexibility index (Phi) is 2.81. The molecule has 0 aromatic carbocycles. The number of pyridine rings is 1. The van der Waals surface area contributed by atoms with E-state index in [1.54, 1.807) is 19.3 Å². The summed E-state index contributed by atoms with van der Waals surface area (Å²) in [4.78, 5) is 22.8. The van der Waals surface area contributed by atoms with Crippen molar-refractivity contribution in [2.45, 2.75) is 20.3 Å². The van der Waals surface area contributed by atoms with E-state index in [-0.39, 0.29) is 5.56 Å². The maximum Gasteiger partial charge on any atom is 0.254 e. The Morgan fingerprint density at radius 3 is 2.62 bits per heavy atom. The molecule has 0 radical (unpaired) electrons. The van der Waals surface area contributed by atoms with Crippen LogP contribution in [0.15, 0.2) is 29.3 Å². The molecular formula is C12H13N3O. The summed E-state index contributed by atoms with van der Waals surface area (Å²) in [5.74, 6) is 0.606. The van der Waals surface area contributed by atoms with Crippen LogP contribution in [0.5, 0.6) is 0 Å². The van der Waals surface area contributed by atoms with Gasteiger partial charge in [-0.1, -0.05) is 6.92 Å². The van der Waals surface area contributed by atoms with E-state index in [1.807, 2.05) is 19.1 Å². The van der Waals surface area contributed by atoms with Gasteiger partial charge < -0.3 is 4.98 Å². The third kappa shape index (κ3) is 1.86. The lowest BCUT2D eigenvalue weighted by Crippen LogP contribution is -2.15. The van der Waals surface area contributed by atoms with Gasteiger partial charge in [-0.05, 0) is 25.5 Å². The molecule has 0 spiro atoms. The van der Waals surface area contributed by atoms with Crippen molar-refractivity contribution in [3.05, 3.63) is 46.1 Å². The van der Waals surface area contributed by atoms with Crippen LogP contribution >= 0.6 is 0 Å². The van der Waals surface area contributed by atoms with Gasteiger partial charge in [0, 0.05) is 23.5 Å². The van der Waals surface area contributed by atoms with Crippen molar-refractivity contribution in [3.63, 3.8) is 0 Å². The topological polar surface area (TPSA) is 58.6 Å². The Bertz CT molecular complexity index is 546. The lowest BCUT2D eigenvalue weighted by atomic mass is 10.2. The molecule has 4 nitrogen and oxygen atoms in total. The molecule has 0 bridgehead atoms. The number of hydrogen-bond acceptors (Lipinski definition) is 3. The maximum absolute atomic E-state index is 11.7. The van der Waals surface area contributed by atoms with Crippen molar-refractivity contribution in [2.24, 2.45) is 0 Å². The molecule has 2 heterocycles. The highest BCUT2D eigenvalue weighted by Gasteiger charge is 2.06. The first-order valence-electron chi connectivity index (χ1n) is 5.22. The van der Waals surface area contributed by atoms with Crippen LogP contribution in [0.1, 0.15) is 18.2 Å². The minimum Gasteiger partial charge on any atom is -0.306 e. The molecule has 1 N–H and O–H groups in total. The average Bonchev–Trinajstić information content (AvgIpc) is 2.33. The molecule has 0 fully saturated rings. The van der Waals surface area contributed by atoms with Crippen LogP contribution < -0.4 is 5.56 Å². The zero-order chi connectivity index (χ0) is 11.5. The summed E-state index contributed by atoms with van der Waals surface area (Å²) in [6, 6.07) is 3.65. The fourth-order valence-corrected chi connectivity index (χ4v) is 1.57. The lowest BCUT2D eigenvalue weighted by molar-refractivity contribution is 0.954. The van der Waals surface area contributed by atoms with E-state index in [1.165, 1.54) is 0 Å². The summed E-state index contributed by atoms with van der Waals surface area (Å²) >= 11 is 0. The highest BCUT2D eigenvalue weighted by Crippen LogP contribution is 2.12. The average molecular weight is 215 g/mol. The molecule has 0 unspecified atom stereocenters. The normalized spacial score (nSPS) is 10.4. The number of nitrogens with one attached hydrogen (secondary N) is 1. The molecule has 2 aromatic rings. The maximum atomic E-state index is 11.7. The van der Waals surface area contributed by atoms with Crippen LogP contribution in [-0.4, -0.2) is 15.0 Å². The van der Waals surface area contributed by atoms with Gasteiger partial charge in [0.05, 0.1) is 5.69 Å². The quantitative estimate of drug-likeness (QED) is 0.829. The lowest BCUT2D eigenvalue weighted by Gasteiger charge is -2.05. The molecule has 82 valence electrons. The third-order valence-electron chi connectivity index (χ3n) is 2.54. The van der Waals surface area contributed by atoms with Crippen LogP contribution in [-0.2, 0) is 6.42 Å². The van der Waals surface area contributed by atoms with Gasteiger partial charge in [0.1, 0.15) is 5.82 Å². The number of rotatable bonds is 2. The summed E-state index contributed by atoms with van der Waals surface area (Å²) in [5.41, 5.74) is 2.34. The summed E-state index contributed by atoms with van der Waals surface area (Å²) in [6.07, 6.45) is 4.12. The summed E-state index contributed by atoms with van der Waals surface area (Å²) in [6.45, 7) is 3.78. The number of aromatic nitrogens is 3. The number of aromatic amines is 1. The SMILES string of the molecule is CCc1nc(-c2ccncc2)[nH]c(=O)c1C. The van der Waals surface area contributed by atoms with Gasteiger partial charge in [-0.3, -0.25) is 9.78 Å². The predicted octanol–water partition coefficient (Wildman–Crippen LogP) is 1.70. The van der Waals surface area contributed by atoms with Gasteiger partial charge in [-0.2, -0.15) is 0 Å². The molecular weight excluding hydrogens is 202 g/mol. The van der Waals surface area contributed by atoms with Crippen molar-refractivity contribution in [1.82, 2.24) is 15.0 Å². The first-order chi connectivity index (χ1) is 7.72. The van der Waals surface area contributed by atoms with E-state index in [4.69, 9.17) is 0 Å². The Balaban J connectivity index is 2.60. The molecule has 2 aromatic heterocycles. The van der Waals surface area contributed by atoms with Gasteiger partial charge in [0.25, 0.3) is 5.56 Å². The fourth-order valence-electron chi connectivity index (χ4n) is 1.57. The molecule has 16 heavy (non-hydrogen) atoms. The Morgan fingerprint density at radius 1 is 1.31 bits per heavy atom. The highest BCUT2D eigenvalue weighted by atomic mass is 16.1. The smallest absolute Gasteiger partial charge is 0.254 e. The van der Waals surface area contributed by atoms with Crippen molar-refractivity contribution in [3.8, 4) is 11.4 Å². The second-order valence-corrected chi connectivity index (χ2v) is 3.58. The van der Waals surface area contributed by atoms with E-state index < -0.39 is 0 Å². The van der Waals surface area contributed by atoms with Gasteiger partial charge in [-0.25, -0.2) is 4.98 Å². The number of nitrogens with zero attached hydrogens (tertiary/aromatic N) is 2. The summed E-state index contributed by atoms with van der Waals surface area (Å²) < 4.78 is 0. The molecule has 0 aliphatic heterocycles. The van der Waals surface area contributed by atoms with Crippen molar-refractivity contribution < 1.29 is 0 Å². The molecule has 0 atom stereocenters. The van der Waals surface area contributed by atoms with Crippen molar-refractivity contribution in [2.75, 3.05) is 0 Å². The fraction of sp³-hybridized carbons (Fsp3) is 0.250. The van der Waals surface area contributed by atoms with Crippen LogP contribution in [0.3, 0.4) is 0 Å². The first kappa shape index (κ1) is 10.5. The van der Waals surface area contributed by atoms with Crippen LogP contribution in [0.2, 0.25) is 0 Å². The molecule has 4 heteroatoms. The monoisotopic (exact) mass is 215 g/mol. The van der Waals surface area contributed by atoms with E-state index in [2.05, 4.69) is 15.0 Å². The van der Waals surface area contributed by atoms with Crippen LogP contribution in [0, 0.1) is 6.92 Å². The Labute approximate surface area is 93.4 Å². The van der Waals surface area contributed by atoms with Gasteiger partial charge in [0.2, 0.25) is 0 Å². The number of hydrogen-bond donors (Lipinski definition) is 1. The first-order valence-corrected chi connectivity index (χ1v) is 5.22. The van der Waals surface area contributed by atoms with E-state index in [0.29, 0.717) is 11.4 Å². The number of H-pyrrole nitrogens is 1. The largest absolute Gasteiger partial charge is 0.306 e. The van der Waals surface area contributed by atoms with Crippen molar-refractivity contribution in [1.29, 1.82) is 0 Å². The van der Waals surface area contributed by atoms with Gasteiger partial charge >= 0.3 is 0 Å². The molecule has 0 aliphatic carbocycles. The van der Waals surface area contributed by atoms with Crippen molar-refractivity contribution >= 4 is 0 Å². The van der Waals surface area contributed by atoms with E-state index >= 15 is 0 Å². The number of aryl methyl sites for hydroxylation is 1. The van der Waals surface area contributed by atoms with Crippen LogP contribution in [0.4, 0.5) is 0 Å². The molecule has 0 saturated heterocycles. The minimum atomic E-state index is -0.0707. The van der Waals surface area contributed by atoms with Crippen LogP contribution in [0.25, 0.3) is 11.4 Å². The third-order valence-corrected chi connectivity index (χ3v) is 2.54. The van der Waals surface area contributed by atoms with Gasteiger partial charge in [-0.15, -0.1) is 0 Å².